The first-order valence-electron chi connectivity index (χ1n) is 8.94. The molecule has 142 valence electrons. The van der Waals surface area contributed by atoms with Crippen LogP contribution in [0.25, 0.3) is 5.69 Å². The lowest BCUT2D eigenvalue weighted by Gasteiger charge is -2.12. The lowest BCUT2D eigenvalue weighted by Crippen LogP contribution is -2.07. The summed E-state index contributed by atoms with van der Waals surface area (Å²) in [6.07, 6.45) is 0. The van der Waals surface area contributed by atoms with E-state index in [2.05, 4.69) is 15.4 Å². The van der Waals surface area contributed by atoms with Gasteiger partial charge in [-0.2, -0.15) is 0 Å². The highest BCUT2D eigenvalue weighted by Gasteiger charge is 2.16. The summed E-state index contributed by atoms with van der Waals surface area (Å²) in [6.45, 7) is 4.26. The number of rotatable bonds is 7. The first-order valence-corrected chi connectivity index (χ1v) is 9.92. The molecule has 0 unspecified atom stereocenters. The Morgan fingerprint density at radius 1 is 1.00 bits per heavy atom. The molecule has 7 heteroatoms. The molecule has 4 aromatic rings. The van der Waals surface area contributed by atoms with E-state index < -0.39 is 0 Å². The third kappa shape index (κ3) is 4.09. The van der Waals surface area contributed by atoms with Gasteiger partial charge in [-0.1, -0.05) is 53.3 Å². The van der Waals surface area contributed by atoms with Gasteiger partial charge in [0.25, 0.3) is 0 Å². The summed E-state index contributed by atoms with van der Waals surface area (Å²) in [5.74, 6) is 3.02. The molecule has 0 fully saturated rings. The second kappa shape index (κ2) is 8.31. The fourth-order valence-electron chi connectivity index (χ4n) is 2.80. The quantitative estimate of drug-likeness (QED) is 0.423. The van der Waals surface area contributed by atoms with Crippen molar-refractivity contribution in [3.8, 4) is 11.4 Å². The maximum Gasteiger partial charge on any atom is 0.196 e. The van der Waals surface area contributed by atoms with Crippen molar-refractivity contribution in [2.24, 2.45) is 0 Å². The van der Waals surface area contributed by atoms with Crippen LogP contribution in [-0.2, 0) is 12.4 Å². The minimum absolute atomic E-state index is 0.328. The molecule has 0 amide bonds. The Labute approximate surface area is 167 Å². The van der Waals surface area contributed by atoms with Gasteiger partial charge in [-0.05, 0) is 37.6 Å². The van der Waals surface area contributed by atoms with Gasteiger partial charge in [0.05, 0.1) is 11.4 Å². The maximum atomic E-state index is 6.00. The van der Waals surface area contributed by atoms with Crippen LogP contribution in [-0.4, -0.2) is 19.9 Å². The van der Waals surface area contributed by atoms with Crippen molar-refractivity contribution in [2.75, 3.05) is 0 Å². The highest BCUT2D eigenvalue weighted by atomic mass is 32.2. The Morgan fingerprint density at radius 2 is 1.79 bits per heavy atom. The molecule has 0 aliphatic heterocycles. The van der Waals surface area contributed by atoms with E-state index in [4.69, 9.17) is 9.26 Å². The van der Waals surface area contributed by atoms with E-state index >= 15 is 0 Å². The number of hydrogen-bond acceptors (Lipinski definition) is 6. The minimum atomic E-state index is 0.328. The Hall–Kier alpha value is -3.06. The second-order valence-corrected chi connectivity index (χ2v) is 7.29. The zero-order chi connectivity index (χ0) is 19.3. The van der Waals surface area contributed by atoms with E-state index in [1.807, 2.05) is 79.1 Å². The van der Waals surface area contributed by atoms with Gasteiger partial charge in [0.15, 0.2) is 11.0 Å². The van der Waals surface area contributed by atoms with E-state index in [-0.39, 0.29) is 0 Å². The maximum absolute atomic E-state index is 6.00. The van der Waals surface area contributed by atoms with Gasteiger partial charge in [0.1, 0.15) is 18.1 Å². The first kappa shape index (κ1) is 18.3. The number of hydrogen-bond donors (Lipinski definition) is 0. The average molecular weight is 392 g/mol. The molecule has 0 aliphatic rings. The second-order valence-electron chi connectivity index (χ2n) is 6.35. The van der Waals surface area contributed by atoms with Crippen molar-refractivity contribution >= 4 is 11.8 Å². The lowest BCUT2D eigenvalue weighted by atomic mass is 10.2. The lowest BCUT2D eigenvalue weighted by molar-refractivity contribution is 0.291. The molecule has 2 aromatic heterocycles. The molecule has 0 saturated heterocycles. The Kier molecular flexibility index (Phi) is 5.43. The Bertz CT molecular complexity index is 1060. The molecular formula is C21H20N4O2S. The number of aromatic nitrogens is 4. The summed E-state index contributed by atoms with van der Waals surface area (Å²) >= 11 is 1.55. The van der Waals surface area contributed by atoms with E-state index in [9.17, 15) is 0 Å². The van der Waals surface area contributed by atoms with Gasteiger partial charge < -0.3 is 9.26 Å². The molecule has 0 spiro atoms. The van der Waals surface area contributed by atoms with Crippen LogP contribution in [0.1, 0.15) is 22.8 Å². The number of para-hydroxylation sites is 2. The number of aryl methyl sites for hydroxylation is 2. The number of thioether (sulfide) groups is 1. The molecule has 0 bridgehead atoms. The molecule has 0 saturated carbocycles. The minimum Gasteiger partial charge on any atom is -0.485 e. The highest BCUT2D eigenvalue weighted by molar-refractivity contribution is 7.98. The monoisotopic (exact) mass is 392 g/mol. The first-order chi connectivity index (χ1) is 13.7. The molecule has 0 N–H and O–H groups in total. The zero-order valence-electron chi connectivity index (χ0n) is 15.7. The fourth-order valence-corrected chi connectivity index (χ4v) is 3.65. The van der Waals surface area contributed by atoms with Crippen molar-refractivity contribution in [3.05, 3.63) is 83.5 Å². The summed E-state index contributed by atoms with van der Waals surface area (Å²) in [6, 6.07) is 19.9. The molecule has 0 atom stereocenters. The molecule has 2 heterocycles. The zero-order valence-corrected chi connectivity index (χ0v) is 16.5. The third-order valence-corrected chi connectivity index (χ3v) is 5.14. The smallest absolute Gasteiger partial charge is 0.196 e. The van der Waals surface area contributed by atoms with Gasteiger partial charge in [-0.25, -0.2) is 0 Å². The van der Waals surface area contributed by atoms with Crippen LogP contribution in [0.15, 0.2) is 70.3 Å². The average Bonchev–Trinajstić information content (AvgIpc) is 3.32. The predicted octanol–water partition coefficient (Wildman–Crippen LogP) is 4.74. The summed E-state index contributed by atoms with van der Waals surface area (Å²) in [4.78, 5) is 0. The summed E-state index contributed by atoms with van der Waals surface area (Å²) in [5, 5.41) is 13.5. The predicted molar refractivity (Wildman–Crippen MR) is 108 cm³/mol. The van der Waals surface area contributed by atoms with Gasteiger partial charge in [0.2, 0.25) is 0 Å². The molecule has 0 radical (unpaired) electrons. The SMILES string of the molecule is Cc1cc(CSc2nnc(COc3ccccc3C)n2-c2ccccc2)on1. The van der Waals surface area contributed by atoms with Crippen LogP contribution in [0.5, 0.6) is 5.75 Å². The van der Waals surface area contributed by atoms with Crippen LogP contribution in [0.4, 0.5) is 0 Å². The van der Waals surface area contributed by atoms with Gasteiger partial charge in [0, 0.05) is 11.8 Å². The van der Waals surface area contributed by atoms with Crippen LogP contribution < -0.4 is 4.74 Å². The van der Waals surface area contributed by atoms with E-state index in [0.717, 1.165) is 39.4 Å². The van der Waals surface area contributed by atoms with Crippen molar-refractivity contribution in [3.63, 3.8) is 0 Å². The Morgan fingerprint density at radius 3 is 2.54 bits per heavy atom. The number of ether oxygens (including phenoxy) is 1. The van der Waals surface area contributed by atoms with E-state index in [1.165, 1.54) is 0 Å². The van der Waals surface area contributed by atoms with Gasteiger partial charge >= 0.3 is 0 Å². The molecule has 6 nitrogen and oxygen atoms in total. The van der Waals surface area contributed by atoms with E-state index in [1.54, 1.807) is 11.8 Å². The summed E-state index contributed by atoms with van der Waals surface area (Å²) in [7, 11) is 0. The normalized spacial score (nSPS) is 10.9. The van der Waals surface area contributed by atoms with Crippen molar-refractivity contribution in [2.45, 2.75) is 31.4 Å². The van der Waals surface area contributed by atoms with Crippen LogP contribution >= 0.6 is 11.8 Å². The summed E-state index contributed by atoms with van der Waals surface area (Å²) < 4.78 is 13.3. The standard InChI is InChI=1S/C21H20N4O2S/c1-15-8-6-7-11-19(15)26-13-20-22-23-21(25(20)17-9-4-3-5-10-17)28-14-18-12-16(2)24-27-18/h3-12H,13-14H2,1-2H3. The topological polar surface area (TPSA) is 66.0 Å². The fraction of sp³-hybridized carbons (Fsp3) is 0.190. The van der Waals surface area contributed by atoms with Gasteiger partial charge in [-0.15, -0.1) is 10.2 Å². The van der Waals surface area contributed by atoms with Crippen molar-refractivity contribution < 1.29 is 9.26 Å². The van der Waals surface area contributed by atoms with Crippen molar-refractivity contribution in [1.29, 1.82) is 0 Å². The van der Waals surface area contributed by atoms with Gasteiger partial charge in [-0.3, -0.25) is 4.57 Å². The van der Waals surface area contributed by atoms with Crippen LogP contribution in [0, 0.1) is 13.8 Å². The summed E-state index contributed by atoms with van der Waals surface area (Å²) in [5.41, 5.74) is 2.95. The molecular weight excluding hydrogens is 372 g/mol. The highest BCUT2D eigenvalue weighted by Crippen LogP contribution is 2.26. The number of nitrogens with zero attached hydrogens (tertiary/aromatic N) is 4. The van der Waals surface area contributed by atoms with Crippen LogP contribution in [0.3, 0.4) is 0 Å². The largest absolute Gasteiger partial charge is 0.485 e. The van der Waals surface area contributed by atoms with Crippen molar-refractivity contribution in [1.82, 2.24) is 19.9 Å². The molecule has 4 rings (SSSR count). The third-order valence-electron chi connectivity index (χ3n) is 4.19. The Balaban J connectivity index is 1.59. The molecule has 0 aliphatic carbocycles. The van der Waals surface area contributed by atoms with Crippen LogP contribution in [0.2, 0.25) is 0 Å². The number of benzene rings is 2. The van der Waals surface area contributed by atoms with E-state index in [0.29, 0.717) is 12.4 Å². The molecule has 28 heavy (non-hydrogen) atoms. The molecule has 2 aromatic carbocycles.